The number of fused-ring (bicyclic) bond motifs is 1. The summed E-state index contributed by atoms with van der Waals surface area (Å²) in [5.74, 6) is -2.35. The van der Waals surface area contributed by atoms with Gasteiger partial charge in [0.05, 0.1) is 11.1 Å². The summed E-state index contributed by atoms with van der Waals surface area (Å²) in [5, 5.41) is 0. The Kier molecular flexibility index (Phi) is 6.05. The lowest BCUT2D eigenvalue weighted by atomic mass is 9.97. The Morgan fingerprint density at radius 3 is 2.03 bits per heavy atom. The third kappa shape index (κ3) is 3.91. The number of hydrogen-bond donors (Lipinski definition) is 0. The molecule has 0 radical (unpaired) electrons. The monoisotopic (exact) mass is 400 g/mol. The lowest BCUT2D eigenvalue weighted by molar-refractivity contribution is -0.158. The molecule has 0 spiro atoms. The van der Waals surface area contributed by atoms with Crippen LogP contribution in [0.5, 0.6) is 0 Å². The second-order valence-corrected chi connectivity index (χ2v) is 8.25. The maximum absolute atomic E-state index is 12.8. The minimum absolute atomic E-state index is 0.0992. The van der Waals surface area contributed by atoms with Gasteiger partial charge in [-0.05, 0) is 51.2 Å². The lowest BCUT2D eigenvalue weighted by Gasteiger charge is -2.39. The minimum Gasteiger partial charge on any atom is -0.454 e. The fraction of sp³-hybridized carbons (Fsp3) is 0.545. The van der Waals surface area contributed by atoms with Crippen molar-refractivity contribution in [3.8, 4) is 0 Å². The molecule has 2 aliphatic heterocycles. The van der Waals surface area contributed by atoms with Crippen LogP contribution < -0.4 is 0 Å². The number of nitrogens with zero attached hydrogens (tertiary/aromatic N) is 2. The molecule has 29 heavy (non-hydrogen) atoms. The molecule has 3 rings (SSSR count). The van der Waals surface area contributed by atoms with E-state index in [0.29, 0.717) is 0 Å². The first kappa shape index (κ1) is 21.0. The number of benzene rings is 1. The molecule has 2 aliphatic rings. The molecule has 7 heteroatoms. The first-order valence-corrected chi connectivity index (χ1v) is 10.2. The van der Waals surface area contributed by atoms with Crippen LogP contribution in [-0.2, 0) is 14.3 Å². The van der Waals surface area contributed by atoms with E-state index in [4.69, 9.17) is 4.74 Å². The van der Waals surface area contributed by atoms with E-state index in [1.54, 1.807) is 43.0 Å². The van der Waals surface area contributed by atoms with Crippen LogP contribution in [0.15, 0.2) is 24.3 Å². The highest BCUT2D eigenvalue weighted by molar-refractivity contribution is 6.22. The Labute approximate surface area is 171 Å². The highest BCUT2D eigenvalue weighted by atomic mass is 16.5. The van der Waals surface area contributed by atoms with Crippen molar-refractivity contribution in [3.05, 3.63) is 35.4 Å². The van der Waals surface area contributed by atoms with Gasteiger partial charge in [-0.1, -0.05) is 26.0 Å². The van der Waals surface area contributed by atoms with Gasteiger partial charge < -0.3 is 9.64 Å². The number of piperidine rings is 1. The van der Waals surface area contributed by atoms with Gasteiger partial charge in [-0.25, -0.2) is 4.79 Å². The van der Waals surface area contributed by atoms with Gasteiger partial charge in [0.1, 0.15) is 6.04 Å². The molecular weight excluding hydrogens is 372 g/mol. The van der Waals surface area contributed by atoms with Gasteiger partial charge in [0, 0.05) is 12.1 Å². The Hall–Kier alpha value is -2.70. The topological polar surface area (TPSA) is 84.0 Å². The van der Waals surface area contributed by atoms with E-state index in [0.717, 1.165) is 24.2 Å². The van der Waals surface area contributed by atoms with E-state index in [1.807, 2.05) is 13.8 Å². The molecule has 1 aromatic carbocycles. The SMILES string of the molecule is CC(C)C(C(=O)OCC(=O)N1C(C)CCCC1C)N1C(=O)c2ccccc2C1=O. The summed E-state index contributed by atoms with van der Waals surface area (Å²) in [6.07, 6.45) is 2.92. The van der Waals surface area contributed by atoms with Crippen molar-refractivity contribution in [1.29, 1.82) is 0 Å². The lowest BCUT2D eigenvalue weighted by Crippen LogP contribution is -2.51. The molecule has 1 fully saturated rings. The normalized spacial score (nSPS) is 22.7. The first-order chi connectivity index (χ1) is 13.7. The molecular formula is C22H28N2O5. The highest BCUT2D eigenvalue weighted by Gasteiger charge is 2.45. The van der Waals surface area contributed by atoms with Crippen LogP contribution in [0.2, 0.25) is 0 Å². The van der Waals surface area contributed by atoms with Gasteiger partial charge in [-0.15, -0.1) is 0 Å². The minimum atomic E-state index is -1.08. The zero-order valence-electron chi connectivity index (χ0n) is 17.4. The highest BCUT2D eigenvalue weighted by Crippen LogP contribution is 2.28. The van der Waals surface area contributed by atoms with Gasteiger partial charge in [0.15, 0.2) is 6.61 Å². The summed E-state index contributed by atoms with van der Waals surface area (Å²) in [7, 11) is 0. The summed E-state index contributed by atoms with van der Waals surface area (Å²) in [5.41, 5.74) is 0.561. The maximum Gasteiger partial charge on any atom is 0.330 e. The summed E-state index contributed by atoms with van der Waals surface area (Å²) in [6, 6.07) is 5.61. The number of amides is 3. The first-order valence-electron chi connectivity index (χ1n) is 10.2. The van der Waals surface area contributed by atoms with Crippen LogP contribution in [0.4, 0.5) is 0 Å². The Bertz CT molecular complexity index is 789. The van der Waals surface area contributed by atoms with Crippen LogP contribution >= 0.6 is 0 Å². The molecule has 1 saturated heterocycles. The quantitative estimate of drug-likeness (QED) is 0.560. The third-order valence-corrected chi connectivity index (χ3v) is 5.80. The Morgan fingerprint density at radius 1 is 1.03 bits per heavy atom. The number of imide groups is 1. The van der Waals surface area contributed by atoms with Gasteiger partial charge in [0.2, 0.25) is 0 Å². The van der Waals surface area contributed by atoms with Crippen LogP contribution in [0.25, 0.3) is 0 Å². The van der Waals surface area contributed by atoms with Crippen LogP contribution in [0, 0.1) is 5.92 Å². The zero-order valence-corrected chi connectivity index (χ0v) is 17.4. The molecule has 3 amide bonds. The largest absolute Gasteiger partial charge is 0.454 e. The second kappa shape index (κ2) is 8.35. The molecule has 3 unspecified atom stereocenters. The van der Waals surface area contributed by atoms with Crippen LogP contribution in [0.1, 0.15) is 67.7 Å². The number of carbonyl (C=O) groups is 4. The van der Waals surface area contributed by atoms with E-state index in [9.17, 15) is 19.2 Å². The van der Waals surface area contributed by atoms with E-state index >= 15 is 0 Å². The predicted molar refractivity (Wildman–Crippen MR) is 106 cm³/mol. The molecule has 156 valence electrons. The number of carbonyl (C=O) groups excluding carboxylic acids is 4. The molecule has 3 atom stereocenters. The van der Waals surface area contributed by atoms with Crippen molar-refractivity contribution in [2.75, 3.05) is 6.61 Å². The summed E-state index contributed by atoms with van der Waals surface area (Å²) >= 11 is 0. The third-order valence-electron chi connectivity index (χ3n) is 5.80. The average molecular weight is 400 g/mol. The average Bonchev–Trinajstić information content (AvgIpc) is 2.92. The van der Waals surface area contributed by atoms with Crippen molar-refractivity contribution in [3.63, 3.8) is 0 Å². The summed E-state index contributed by atoms with van der Waals surface area (Å²) < 4.78 is 5.31. The molecule has 0 bridgehead atoms. The number of ether oxygens (including phenoxy) is 1. The van der Waals surface area contributed by atoms with Crippen molar-refractivity contribution in [1.82, 2.24) is 9.80 Å². The molecule has 0 N–H and O–H groups in total. The van der Waals surface area contributed by atoms with E-state index in [-0.39, 0.29) is 41.6 Å². The number of esters is 1. The van der Waals surface area contributed by atoms with Crippen LogP contribution in [-0.4, -0.2) is 58.2 Å². The zero-order chi connectivity index (χ0) is 21.3. The standard InChI is InChI=1S/C22H28N2O5/c1-13(2)19(24-20(26)16-10-5-6-11-17(16)21(24)27)22(28)29-12-18(25)23-14(3)8-7-9-15(23)4/h5-6,10-11,13-15,19H,7-9,12H2,1-4H3. The summed E-state index contributed by atoms with van der Waals surface area (Å²) in [6.45, 7) is 7.08. The number of rotatable bonds is 5. The van der Waals surface area contributed by atoms with Crippen molar-refractivity contribution >= 4 is 23.7 Å². The number of likely N-dealkylation sites (tertiary alicyclic amines) is 1. The molecule has 0 aromatic heterocycles. The van der Waals surface area contributed by atoms with Gasteiger partial charge in [-0.2, -0.15) is 0 Å². The molecule has 0 aliphatic carbocycles. The Balaban J connectivity index is 1.72. The van der Waals surface area contributed by atoms with Gasteiger partial charge in [-0.3, -0.25) is 19.3 Å². The second-order valence-electron chi connectivity index (χ2n) is 8.25. The van der Waals surface area contributed by atoms with Gasteiger partial charge in [0.25, 0.3) is 17.7 Å². The van der Waals surface area contributed by atoms with Crippen molar-refractivity contribution < 1.29 is 23.9 Å². The van der Waals surface area contributed by atoms with E-state index < -0.39 is 23.8 Å². The van der Waals surface area contributed by atoms with Crippen molar-refractivity contribution in [2.24, 2.45) is 5.92 Å². The van der Waals surface area contributed by atoms with Crippen molar-refractivity contribution in [2.45, 2.75) is 65.1 Å². The molecule has 0 saturated carbocycles. The van der Waals surface area contributed by atoms with Crippen LogP contribution in [0.3, 0.4) is 0 Å². The molecule has 2 heterocycles. The fourth-order valence-corrected chi connectivity index (χ4v) is 4.34. The molecule has 7 nitrogen and oxygen atoms in total. The number of hydrogen-bond acceptors (Lipinski definition) is 5. The maximum atomic E-state index is 12.8. The summed E-state index contributed by atoms with van der Waals surface area (Å²) in [4.78, 5) is 53.7. The van der Waals surface area contributed by atoms with Gasteiger partial charge >= 0.3 is 5.97 Å². The molecule has 1 aromatic rings. The Morgan fingerprint density at radius 2 is 1.55 bits per heavy atom. The fourth-order valence-electron chi connectivity index (χ4n) is 4.34. The predicted octanol–water partition coefficient (Wildman–Crippen LogP) is 2.64. The van der Waals surface area contributed by atoms with E-state index in [2.05, 4.69) is 0 Å². The smallest absolute Gasteiger partial charge is 0.330 e. The van der Waals surface area contributed by atoms with E-state index in [1.165, 1.54) is 0 Å².